The molecule has 0 saturated carbocycles. The van der Waals surface area contributed by atoms with Crippen molar-refractivity contribution < 1.29 is 12.8 Å². The Hall–Kier alpha value is -2.51. The number of fused-ring (bicyclic) bond motifs is 1. The molecule has 1 heterocycles. The largest absolute Gasteiger partial charge is 0.322 e. The Morgan fingerprint density at radius 3 is 2.44 bits per heavy atom. The molecule has 0 spiro atoms. The van der Waals surface area contributed by atoms with E-state index in [4.69, 9.17) is 0 Å². The zero-order valence-corrected chi connectivity index (χ0v) is 15.9. The molecule has 7 heteroatoms. The van der Waals surface area contributed by atoms with Crippen LogP contribution < -0.4 is 10.3 Å². The quantitative estimate of drug-likeness (QED) is 0.679. The van der Waals surface area contributed by atoms with Crippen LogP contribution in [0.4, 0.5) is 4.39 Å². The summed E-state index contributed by atoms with van der Waals surface area (Å²) in [5.41, 5.74) is 2.33. The second-order valence-corrected chi connectivity index (χ2v) is 8.64. The summed E-state index contributed by atoms with van der Waals surface area (Å²) in [7, 11) is -3.66. The molecule has 27 heavy (non-hydrogen) atoms. The van der Waals surface area contributed by atoms with Gasteiger partial charge >= 0.3 is 0 Å². The Balaban J connectivity index is 1.79. The lowest BCUT2D eigenvalue weighted by Gasteiger charge is -2.09. The van der Waals surface area contributed by atoms with Crippen LogP contribution in [0.1, 0.15) is 36.5 Å². The summed E-state index contributed by atoms with van der Waals surface area (Å²) in [6.07, 6.45) is 0. The third-order valence-electron chi connectivity index (χ3n) is 4.36. The van der Waals surface area contributed by atoms with Crippen LogP contribution in [0.5, 0.6) is 0 Å². The maximum Gasteiger partial charge on any atom is 0.252 e. The van der Waals surface area contributed by atoms with Gasteiger partial charge in [0.15, 0.2) is 0 Å². The van der Waals surface area contributed by atoms with Gasteiger partial charge in [0.05, 0.1) is 5.75 Å². The van der Waals surface area contributed by atoms with Crippen molar-refractivity contribution in [3.05, 3.63) is 81.4 Å². The third kappa shape index (κ3) is 4.81. The first-order valence-electron chi connectivity index (χ1n) is 8.61. The van der Waals surface area contributed by atoms with Crippen molar-refractivity contribution in [1.82, 2.24) is 9.71 Å². The summed E-state index contributed by atoms with van der Waals surface area (Å²) in [5, 5.41) is 0.855. The predicted molar refractivity (Wildman–Crippen MR) is 105 cm³/mol. The number of aromatic amines is 1. The Kier molecular flexibility index (Phi) is 5.43. The highest BCUT2D eigenvalue weighted by Gasteiger charge is 2.13. The van der Waals surface area contributed by atoms with Crippen molar-refractivity contribution in [2.24, 2.45) is 0 Å². The first kappa shape index (κ1) is 19.3. The summed E-state index contributed by atoms with van der Waals surface area (Å²) < 4.78 is 39.9. The minimum Gasteiger partial charge on any atom is -0.322 e. The molecular weight excluding hydrogens is 367 g/mol. The minimum atomic E-state index is -3.66. The van der Waals surface area contributed by atoms with E-state index in [-0.39, 0.29) is 17.9 Å². The van der Waals surface area contributed by atoms with Crippen molar-refractivity contribution >= 4 is 20.9 Å². The van der Waals surface area contributed by atoms with E-state index >= 15 is 0 Å². The van der Waals surface area contributed by atoms with Crippen molar-refractivity contribution in [2.75, 3.05) is 0 Å². The molecule has 2 aromatic carbocycles. The highest BCUT2D eigenvalue weighted by molar-refractivity contribution is 7.88. The smallest absolute Gasteiger partial charge is 0.252 e. The summed E-state index contributed by atoms with van der Waals surface area (Å²) in [6, 6.07) is 12.8. The van der Waals surface area contributed by atoms with Gasteiger partial charge in [-0.15, -0.1) is 0 Å². The molecule has 0 atom stereocenters. The van der Waals surface area contributed by atoms with Crippen LogP contribution in [-0.4, -0.2) is 13.4 Å². The highest BCUT2D eigenvalue weighted by Crippen LogP contribution is 2.20. The average Bonchev–Trinajstić information content (AvgIpc) is 2.61. The minimum absolute atomic E-state index is 0.110. The maximum absolute atomic E-state index is 12.9. The zero-order chi connectivity index (χ0) is 19.6. The van der Waals surface area contributed by atoms with Gasteiger partial charge in [0.25, 0.3) is 5.56 Å². The normalized spacial score (nSPS) is 12.0. The van der Waals surface area contributed by atoms with Crippen LogP contribution in [0, 0.1) is 5.82 Å². The lowest BCUT2D eigenvalue weighted by molar-refractivity contribution is 0.580. The lowest BCUT2D eigenvalue weighted by atomic mass is 10.0. The van der Waals surface area contributed by atoms with E-state index in [1.54, 1.807) is 6.07 Å². The van der Waals surface area contributed by atoms with Crippen molar-refractivity contribution in [2.45, 2.75) is 32.1 Å². The molecule has 0 saturated heterocycles. The molecule has 5 nitrogen and oxygen atoms in total. The number of nitrogens with one attached hydrogen (secondary N) is 2. The summed E-state index contributed by atoms with van der Waals surface area (Å²) in [4.78, 5) is 15.0. The molecule has 0 unspecified atom stereocenters. The molecule has 0 amide bonds. The highest BCUT2D eigenvalue weighted by atomic mass is 32.2. The topological polar surface area (TPSA) is 79.0 Å². The van der Waals surface area contributed by atoms with Gasteiger partial charge in [0, 0.05) is 17.6 Å². The summed E-state index contributed by atoms with van der Waals surface area (Å²) in [5.74, 6) is -0.359. The van der Waals surface area contributed by atoms with Crippen LogP contribution in [-0.2, 0) is 22.3 Å². The molecule has 0 aliphatic heterocycles. The molecule has 0 fully saturated rings. The molecular formula is C20H21FN2O3S. The molecule has 1 aromatic heterocycles. The third-order valence-corrected chi connectivity index (χ3v) is 5.66. The molecule has 0 aliphatic rings. The van der Waals surface area contributed by atoms with Crippen LogP contribution in [0.25, 0.3) is 10.9 Å². The van der Waals surface area contributed by atoms with Gasteiger partial charge in [-0.1, -0.05) is 32.0 Å². The molecule has 0 radical (unpaired) electrons. The number of hydrogen-bond acceptors (Lipinski definition) is 3. The summed E-state index contributed by atoms with van der Waals surface area (Å²) in [6.45, 7) is 4.05. The number of aromatic nitrogens is 1. The Bertz CT molecular complexity index is 1120. The number of H-pyrrole nitrogens is 1. The Morgan fingerprint density at radius 1 is 1.07 bits per heavy atom. The van der Waals surface area contributed by atoms with Gasteiger partial charge in [-0.25, -0.2) is 17.5 Å². The standard InChI is InChI=1S/C20H21FN2O3S/c1-13(2)15-5-8-19-16(9-15)10-17(20(24)23-19)11-22-27(25,26)12-14-3-6-18(21)7-4-14/h3-10,13,22H,11-12H2,1-2H3,(H,23,24). The average molecular weight is 388 g/mol. The fraction of sp³-hybridized carbons (Fsp3) is 0.250. The monoisotopic (exact) mass is 388 g/mol. The SMILES string of the molecule is CC(C)c1ccc2[nH]c(=O)c(CNS(=O)(=O)Cc3ccc(F)cc3)cc2c1. The van der Waals surface area contributed by atoms with E-state index in [1.807, 2.05) is 18.2 Å². The van der Waals surface area contributed by atoms with Crippen LogP contribution in [0.15, 0.2) is 53.3 Å². The van der Waals surface area contributed by atoms with Crippen molar-refractivity contribution in [1.29, 1.82) is 0 Å². The lowest BCUT2D eigenvalue weighted by Crippen LogP contribution is -2.28. The van der Waals surface area contributed by atoms with E-state index in [0.29, 0.717) is 22.6 Å². The van der Waals surface area contributed by atoms with Gasteiger partial charge in [-0.3, -0.25) is 4.79 Å². The molecule has 0 bridgehead atoms. The molecule has 2 N–H and O–H groups in total. The first-order valence-corrected chi connectivity index (χ1v) is 10.3. The van der Waals surface area contributed by atoms with E-state index in [2.05, 4.69) is 23.6 Å². The van der Waals surface area contributed by atoms with Gasteiger partial charge < -0.3 is 4.98 Å². The van der Waals surface area contributed by atoms with E-state index in [0.717, 1.165) is 10.9 Å². The van der Waals surface area contributed by atoms with Gasteiger partial charge in [0.1, 0.15) is 5.82 Å². The van der Waals surface area contributed by atoms with E-state index in [9.17, 15) is 17.6 Å². The fourth-order valence-electron chi connectivity index (χ4n) is 2.80. The Morgan fingerprint density at radius 2 is 1.78 bits per heavy atom. The van der Waals surface area contributed by atoms with E-state index in [1.165, 1.54) is 24.3 Å². The van der Waals surface area contributed by atoms with Crippen molar-refractivity contribution in [3.8, 4) is 0 Å². The second-order valence-electron chi connectivity index (χ2n) is 6.83. The molecule has 3 aromatic rings. The Labute approximate surface area is 157 Å². The maximum atomic E-state index is 12.9. The first-order chi connectivity index (χ1) is 12.7. The summed E-state index contributed by atoms with van der Waals surface area (Å²) >= 11 is 0. The van der Waals surface area contributed by atoms with Crippen LogP contribution in [0.2, 0.25) is 0 Å². The van der Waals surface area contributed by atoms with Gasteiger partial charge in [-0.05, 0) is 52.8 Å². The molecule has 0 aliphatic carbocycles. The van der Waals surface area contributed by atoms with Crippen LogP contribution >= 0.6 is 0 Å². The van der Waals surface area contributed by atoms with Crippen LogP contribution in [0.3, 0.4) is 0 Å². The number of sulfonamides is 1. The predicted octanol–water partition coefficient (Wildman–Crippen LogP) is 3.41. The van der Waals surface area contributed by atoms with Crippen molar-refractivity contribution in [3.63, 3.8) is 0 Å². The van der Waals surface area contributed by atoms with E-state index < -0.39 is 15.8 Å². The second kappa shape index (κ2) is 7.62. The van der Waals surface area contributed by atoms with Gasteiger partial charge in [0.2, 0.25) is 10.0 Å². The zero-order valence-electron chi connectivity index (χ0n) is 15.1. The number of halogens is 1. The molecule has 3 rings (SSSR count). The number of hydrogen-bond donors (Lipinski definition) is 2. The van der Waals surface area contributed by atoms with Gasteiger partial charge in [-0.2, -0.15) is 0 Å². The number of benzene rings is 2. The fourth-order valence-corrected chi connectivity index (χ4v) is 3.91. The number of rotatable bonds is 6. The molecule has 142 valence electrons. The number of pyridine rings is 1.